The molecule has 0 saturated heterocycles. The standard InChI is InChI=1S/C20H20N6O/c27-20(17-8-6-16(7-9-17)12-26-14-21-13-24-26)22-10-3-11-25-15-23-18-4-1-2-5-19(18)25/h1-2,4-9,13-15H,3,10-12H2,(H,22,27). The molecule has 1 amide bonds. The van der Waals surface area contributed by atoms with Crippen molar-refractivity contribution in [2.24, 2.45) is 0 Å². The lowest BCUT2D eigenvalue weighted by Gasteiger charge is -2.08. The molecule has 7 nitrogen and oxygen atoms in total. The second-order valence-corrected chi connectivity index (χ2v) is 6.33. The van der Waals surface area contributed by atoms with E-state index < -0.39 is 0 Å². The highest BCUT2D eigenvalue weighted by Crippen LogP contribution is 2.12. The first kappa shape index (κ1) is 17.0. The van der Waals surface area contributed by atoms with Gasteiger partial charge in [-0.1, -0.05) is 24.3 Å². The van der Waals surface area contributed by atoms with Crippen molar-refractivity contribution >= 4 is 16.9 Å². The Morgan fingerprint density at radius 3 is 2.70 bits per heavy atom. The number of fused-ring (bicyclic) bond motifs is 1. The smallest absolute Gasteiger partial charge is 0.251 e. The summed E-state index contributed by atoms with van der Waals surface area (Å²) in [5, 5.41) is 7.05. The number of nitrogens with one attached hydrogen (secondary N) is 1. The summed E-state index contributed by atoms with van der Waals surface area (Å²) in [6.07, 6.45) is 5.87. The topological polar surface area (TPSA) is 77.6 Å². The molecule has 0 unspecified atom stereocenters. The number of aryl methyl sites for hydroxylation is 1. The van der Waals surface area contributed by atoms with E-state index in [0.717, 1.165) is 29.6 Å². The Kier molecular flexibility index (Phi) is 4.91. The van der Waals surface area contributed by atoms with E-state index in [-0.39, 0.29) is 5.91 Å². The molecule has 1 N–H and O–H groups in total. The van der Waals surface area contributed by atoms with Crippen LogP contribution in [0.1, 0.15) is 22.3 Å². The Morgan fingerprint density at radius 2 is 1.89 bits per heavy atom. The fourth-order valence-electron chi connectivity index (χ4n) is 3.00. The van der Waals surface area contributed by atoms with Gasteiger partial charge >= 0.3 is 0 Å². The van der Waals surface area contributed by atoms with Gasteiger partial charge in [-0.05, 0) is 36.2 Å². The number of aromatic nitrogens is 5. The molecule has 2 aromatic carbocycles. The number of nitrogens with zero attached hydrogens (tertiary/aromatic N) is 5. The normalized spacial score (nSPS) is 11.0. The van der Waals surface area contributed by atoms with Crippen LogP contribution in [0.5, 0.6) is 0 Å². The number of carbonyl (C=O) groups is 1. The van der Waals surface area contributed by atoms with Crippen LogP contribution in [-0.2, 0) is 13.1 Å². The summed E-state index contributed by atoms with van der Waals surface area (Å²) in [7, 11) is 0. The molecular formula is C20H20N6O. The molecule has 4 rings (SSSR count). The lowest BCUT2D eigenvalue weighted by atomic mass is 10.1. The van der Waals surface area contributed by atoms with Crippen LogP contribution in [0.15, 0.2) is 67.5 Å². The summed E-state index contributed by atoms with van der Waals surface area (Å²) >= 11 is 0. The van der Waals surface area contributed by atoms with E-state index in [4.69, 9.17) is 0 Å². The Bertz CT molecular complexity index is 1020. The number of amides is 1. The van der Waals surface area contributed by atoms with Crippen molar-refractivity contribution in [3.8, 4) is 0 Å². The van der Waals surface area contributed by atoms with Gasteiger partial charge < -0.3 is 9.88 Å². The van der Waals surface area contributed by atoms with Crippen LogP contribution in [-0.4, -0.2) is 36.8 Å². The molecular weight excluding hydrogens is 340 g/mol. The first-order chi connectivity index (χ1) is 13.3. The van der Waals surface area contributed by atoms with Crippen molar-refractivity contribution in [3.63, 3.8) is 0 Å². The minimum absolute atomic E-state index is 0.0576. The van der Waals surface area contributed by atoms with Gasteiger partial charge in [-0.15, -0.1) is 0 Å². The Morgan fingerprint density at radius 1 is 1.04 bits per heavy atom. The number of carbonyl (C=O) groups excluding carboxylic acids is 1. The summed E-state index contributed by atoms with van der Waals surface area (Å²) in [5.74, 6) is -0.0576. The van der Waals surface area contributed by atoms with Crippen LogP contribution in [0.25, 0.3) is 11.0 Å². The third-order valence-electron chi connectivity index (χ3n) is 4.42. The van der Waals surface area contributed by atoms with E-state index in [2.05, 4.69) is 31.0 Å². The number of hydrogen-bond donors (Lipinski definition) is 1. The zero-order chi connectivity index (χ0) is 18.5. The predicted octanol–water partition coefficient (Wildman–Crippen LogP) is 2.50. The van der Waals surface area contributed by atoms with Crippen LogP contribution in [0, 0.1) is 0 Å². The molecule has 0 bridgehead atoms. The molecule has 2 heterocycles. The number of rotatable bonds is 7. The minimum Gasteiger partial charge on any atom is -0.352 e. The molecule has 0 aliphatic heterocycles. The van der Waals surface area contributed by atoms with E-state index in [9.17, 15) is 4.79 Å². The minimum atomic E-state index is -0.0576. The Labute approximate surface area is 156 Å². The number of hydrogen-bond acceptors (Lipinski definition) is 4. The van der Waals surface area contributed by atoms with Crippen LogP contribution in [0.2, 0.25) is 0 Å². The van der Waals surface area contributed by atoms with Gasteiger partial charge in [0, 0.05) is 18.7 Å². The van der Waals surface area contributed by atoms with Crippen LogP contribution >= 0.6 is 0 Å². The van der Waals surface area contributed by atoms with E-state index in [1.807, 2.05) is 48.8 Å². The van der Waals surface area contributed by atoms with Crippen molar-refractivity contribution in [1.29, 1.82) is 0 Å². The maximum absolute atomic E-state index is 12.3. The molecule has 0 atom stereocenters. The van der Waals surface area contributed by atoms with Gasteiger partial charge in [0.2, 0.25) is 0 Å². The summed E-state index contributed by atoms with van der Waals surface area (Å²) in [4.78, 5) is 20.6. The highest BCUT2D eigenvalue weighted by Gasteiger charge is 2.06. The molecule has 0 saturated carbocycles. The zero-order valence-corrected chi connectivity index (χ0v) is 14.8. The Hall–Kier alpha value is -3.48. The molecule has 4 aromatic rings. The average Bonchev–Trinajstić information content (AvgIpc) is 3.36. The van der Waals surface area contributed by atoms with Gasteiger partial charge in [0.25, 0.3) is 5.91 Å². The molecule has 136 valence electrons. The second kappa shape index (κ2) is 7.82. The fraction of sp³-hybridized carbons (Fsp3) is 0.200. The average molecular weight is 360 g/mol. The highest BCUT2D eigenvalue weighted by molar-refractivity contribution is 5.94. The monoisotopic (exact) mass is 360 g/mol. The number of imidazole rings is 1. The SMILES string of the molecule is O=C(NCCCn1cnc2ccccc21)c1ccc(Cn2cncn2)cc1. The molecule has 27 heavy (non-hydrogen) atoms. The molecule has 0 aliphatic carbocycles. The largest absolute Gasteiger partial charge is 0.352 e. The van der Waals surface area contributed by atoms with E-state index >= 15 is 0 Å². The summed E-state index contributed by atoms with van der Waals surface area (Å²) in [6, 6.07) is 15.6. The molecule has 0 radical (unpaired) electrons. The first-order valence-electron chi connectivity index (χ1n) is 8.89. The quantitative estimate of drug-likeness (QED) is 0.514. The number of para-hydroxylation sites is 2. The van der Waals surface area contributed by atoms with Gasteiger partial charge in [-0.3, -0.25) is 4.79 Å². The lowest BCUT2D eigenvalue weighted by Crippen LogP contribution is -2.25. The van der Waals surface area contributed by atoms with Gasteiger partial charge in [0.05, 0.1) is 23.9 Å². The zero-order valence-electron chi connectivity index (χ0n) is 14.8. The summed E-state index contributed by atoms with van der Waals surface area (Å²) < 4.78 is 3.86. The van der Waals surface area contributed by atoms with Crippen molar-refractivity contribution in [2.75, 3.05) is 6.54 Å². The van der Waals surface area contributed by atoms with Crippen LogP contribution in [0.4, 0.5) is 0 Å². The molecule has 0 aliphatic rings. The van der Waals surface area contributed by atoms with Gasteiger partial charge in [0.15, 0.2) is 0 Å². The summed E-state index contributed by atoms with van der Waals surface area (Å²) in [5.41, 5.74) is 3.84. The van der Waals surface area contributed by atoms with Crippen molar-refractivity contribution < 1.29 is 4.79 Å². The van der Waals surface area contributed by atoms with E-state index in [0.29, 0.717) is 18.7 Å². The van der Waals surface area contributed by atoms with Crippen molar-refractivity contribution in [1.82, 2.24) is 29.6 Å². The van der Waals surface area contributed by atoms with Crippen LogP contribution in [0.3, 0.4) is 0 Å². The third kappa shape index (κ3) is 4.03. The molecule has 0 fully saturated rings. The maximum atomic E-state index is 12.3. The Balaban J connectivity index is 1.26. The number of benzene rings is 2. The fourth-order valence-corrected chi connectivity index (χ4v) is 3.00. The third-order valence-corrected chi connectivity index (χ3v) is 4.42. The lowest BCUT2D eigenvalue weighted by molar-refractivity contribution is 0.0953. The first-order valence-corrected chi connectivity index (χ1v) is 8.89. The molecule has 2 aromatic heterocycles. The molecule has 7 heteroatoms. The van der Waals surface area contributed by atoms with Crippen LogP contribution < -0.4 is 5.32 Å². The highest BCUT2D eigenvalue weighted by atomic mass is 16.1. The van der Waals surface area contributed by atoms with E-state index in [1.54, 1.807) is 11.0 Å². The second-order valence-electron chi connectivity index (χ2n) is 6.33. The van der Waals surface area contributed by atoms with Gasteiger partial charge in [-0.25, -0.2) is 14.6 Å². The van der Waals surface area contributed by atoms with Crippen molar-refractivity contribution in [2.45, 2.75) is 19.5 Å². The predicted molar refractivity (Wildman–Crippen MR) is 102 cm³/mol. The van der Waals surface area contributed by atoms with Gasteiger partial charge in [0.1, 0.15) is 12.7 Å². The maximum Gasteiger partial charge on any atom is 0.251 e. The van der Waals surface area contributed by atoms with E-state index in [1.165, 1.54) is 6.33 Å². The summed E-state index contributed by atoms with van der Waals surface area (Å²) in [6.45, 7) is 2.07. The molecule has 0 spiro atoms. The van der Waals surface area contributed by atoms with Gasteiger partial charge in [-0.2, -0.15) is 5.10 Å². The van der Waals surface area contributed by atoms with Crippen molar-refractivity contribution in [3.05, 3.63) is 78.6 Å².